The lowest BCUT2D eigenvalue weighted by Crippen LogP contribution is -2.23. The first-order chi connectivity index (χ1) is 13.5. The fourth-order valence-corrected chi connectivity index (χ4v) is 4.46. The zero-order valence-electron chi connectivity index (χ0n) is 14.4. The fourth-order valence-electron chi connectivity index (χ4n) is 2.37. The van der Waals surface area contributed by atoms with Gasteiger partial charge in [-0.05, 0) is 35.7 Å². The van der Waals surface area contributed by atoms with E-state index in [0.29, 0.717) is 44.3 Å². The van der Waals surface area contributed by atoms with Gasteiger partial charge in [-0.25, -0.2) is 4.98 Å². The van der Waals surface area contributed by atoms with Gasteiger partial charge in [-0.1, -0.05) is 29.6 Å². The Morgan fingerprint density at radius 1 is 1.32 bits per heavy atom. The molecule has 0 saturated heterocycles. The number of hydrogen-bond donors (Lipinski definition) is 1. The highest BCUT2D eigenvalue weighted by Crippen LogP contribution is 2.26. The molecule has 0 atom stereocenters. The average Bonchev–Trinajstić information content (AvgIpc) is 3.13. The highest BCUT2D eigenvalue weighted by atomic mass is 32.2. The van der Waals surface area contributed by atoms with Crippen molar-refractivity contribution in [2.75, 3.05) is 11.1 Å². The number of nitrogens with zero attached hydrogens (tertiary/aromatic N) is 2. The molecule has 3 aromatic rings. The fraction of sp³-hybridized carbons (Fsp3) is 0.167. The Kier molecular flexibility index (Phi) is 6.87. The van der Waals surface area contributed by atoms with E-state index in [1.54, 1.807) is 29.7 Å². The topological polar surface area (TPSA) is 64.0 Å². The quantitative estimate of drug-likeness (QED) is 0.313. The van der Waals surface area contributed by atoms with Gasteiger partial charge in [0.15, 0.2) is 5.16 Å². The van der Waals surface area contributed by atoms with E-state index in [9.17, 15) is 18.4 Å². The number of hydrogen-bond acceptors (Lipinski definition) is 6. The van der Waals surface area contributed by atoms with Gasteiger partial charge in [0, 0.05) is 17.1 Å². The molecule has 1 aromatic carbocycles. The number of nitrogens with one attached hydrogen (secondary N) is 1. The smallest absolute Gasteiger partial charge is 0.288 e. The van der Waals surface area contributed by atoms with Gasteiger partial charge in [0.2, 0.25) is 5.91 Å². The number of carbonyl (C=O) groups excluding carboxylic acids is 1. The molecule has 10 heteroatoms. The van der Waals surface area contributed by atoms with Gasteiger partial charge in [0.25, 0.3) is 11.3 Å². The summed E-state index contributed by atoms with van der Waals surface area (Å²) < 4.78 is 26.7. The van der Waals surface area contributed by atoms with Crippen molar-refractivity contribution < 1.29 is 13.6 Å². The summed E-state index contributed by atoms with van der Waals surface area (Å²) in [6.45, 7) is 3.96. The van der Waals surface area contributed by atoms with Gasteiger partial charge in [-0.15, -0.1) is 17.9 Å². The first kappa shape index (κ1) is 20.6. The molecule has 2 heterocycles. The highest BCUT2D eigenvalue weighted by Gasteiger charge is 2.14. The number of halogens is 2. The molecule has 146 valence electrons. The number of benzene rings is 1. The van der Waals surface area contributed by atoms with E-state index in [4.69, 9.17) is 0 Å². The Bertz CT molecular complexity index is 1050. The maximum Gasteiger partial charge on any atom is 0.288 e. The third-order valence-electron chi connectivity index (χ3n) is 3.54. The summed E-state index contributed by atoms with van der Waals surface area (Å²) in [7, 11) is 0. The lowest BCUT2D eigenvalue weighted by Gasteiger charge is -2.10. The number of alkyl halides is 2. The summed E-state index contributed by atoms with van der Waals surface area (Å²) in [5.41, 5.74) is 0.953. The lowest BCUT2D eigenvalue weighted by molar-refractivity contribution is -0.113. The molecule has 5 nitrogen and oxygen atoms in total. The van der Waals surface area contributed by atoms with Crippen LogP contribution in [-0.2, 0) is 11.3 Å². The second-order valence-corrected chi connectivity index (χ2v) is 8.40. The molecule has 0 saturated carbocycles. The van der Waals surface area contributed by atoms with Crippen LogP contribution in [0, 0.1) is 0 Å². The molecule has 1 N–H and O–H groups in total. The largest absolute Gasteiger partial charge is 0.325 e. The van der Waals surface area contributed by atoms with Gasteiger partial charge in [0.1, 0.15) is 4.70 Å². The van der Waals surface area contributed by atoms with E-state index < -0.39 is 5.76 Å². The van der Waals surface area contributed by atoms with E-state index in [0.717, 1.165) is 11.8 Å². The minimum atomic E-state index is -2.49. The van der Waals surface area contributed by atoms with Crippen molar-refractivity contribution in [3.8, 4) is 0 Å². The minimum Gasteiger partial charge on any atom is -0.325 e. The maximum absolute atomic E-state index is 12.6. The number of rotatable bonds is 8. The predicted octanol–water partition coefficient (Wildman–Crippen LogP) is 4.69. The second-order valence-electron chi connectivity index (χ2n) is 5.47. The van der Waals surface area contributed by atoms with Crippen LogP contribution in [0.25, 0.3) is 10.2 Å². The van der Waals surface area contributed by atoms with Gasteiger partial charge in [-0.2, -0.15) is 8.78 Å². The van der Waals surface area contributed by atoms with Crippen molar-refractivity contribution in [1.29, 1.82) is 0 Å². The normalized spacial score (nSPS) is 11.1. The van der Waals surface area contributed by atoms with E-state index in [1.807, 2.05) is 0 Å². The predicted molar refractivity (Wildman–Crippen MR) is 112 cm³/mol. The highest BCUT2D eigenvalue weighted by molar-refractivity contribution is 8.00. The zero-order chi connectivity index (χ0) is 20.1. The molecule has 0 spiro atoms. The average molecular weight is 440 g/mol. The van der Waals surface area contributed by atoms with Crippen LogP contribution in [0.1, 0.15) is 0 Å². The molecule has 0 radical (unpaired) electrons. The summed E-state index contributed by atoms with van der Waals surface area (Å²) >= 11 is 2.92. The first-order valence-corrected chi connectivity index (χ1v) is 10.8. The Morgan fingerprint density at radius 2 is 2.07 bits per heavy atom. The Labute approximate surface area is 171 Å². The van der Waals surface area contributed by atoms with Crippen molar-refractivity contribution in [3.05, 3.63) is 58.7 Å². The summed E-state index contributed by atoms with van der Waals surface area (Å²) in [5, 5.41) is 4.94. The molecular weight excluding hydrogens is 424 g/mol. The molecular formula is C18H15F2N3O2S3. The second kappa shape index (κ2) is 9.35. The van der Waals surface area contributed by atoms with Crippen LogP contribution in [0.15, 0.2) is 63.2 Å². The summed E-state index contributed by atoms with van der Waals surface area (Å²) in [5.74, 6) is -2.73. The van der Waals surface area contributed by atoms with Gasteiger partial charge < -0.3 is 5.32 Å². The molecule has 1 amide bonds. The SMILES string of the molecule is C=CCn1c(SCC(=O)Nc2ccc(SC(F)F)cc2)nc2ccsc2c1=O. The van der Waals surface area contributed by atoms with E-state index in [2.05, 4.69) is 16.9 Å². The molecule has 0 aliphatic rings. The minimum absolute atomic E-state index is 0.0484. The summed E-state index contributed by atoms with van der Waals surface area (Å²) in [6, 6.07) is 7.94. The zero-order valence-corrected chi connectivity index (χ0v) is 16.9. The van der Waals surface area contributed by atoms with Gasteiger partial charge in [0.05, 0.1) is 11.3 Å². The van der Waals surface area contributed by atoms with Crippen molar-refractivity contribution in [2.45, 2.75) is 22.4 Å². The van der Waals surface area contributed by atoms with Crippen molar-refractivity contribution in [1.82, 2.24) is 9.55 Å². The number of aromatic nitrogens is 2. The Morgan fingerprint density at radius 3 is 2.75 bits per heavy atom. The van der Waals surface area contributed by atoms with Crippen LogP contribution in [0.4, 0.5) is 14.5 Å². The standard InChI is InChI=1S/C18H15F2N3O2S3/c1-2-8-23-16(25)15-13(7-9-26-15)22-18(23)27-10-14(24)21-11-3-5-12(6-4-11)28-17(19)20/h2-7,9,17H,1,8,10H2,(H,21,24). The number of allylic oxidation sites excluding steroid dienone is 1. The number of fused-ring (bicyclic) bond motifs is 1. The van der Waals surface area contributed by atoms with Crippen LogP contribution >= 0.6 is 34.9 Å². The van der Waals surface area contributed by atoms with Gasteiger partial charge in [-0.3, -0.25) is 14.2 Å². The van der Waals surface area contributed by atoms with E-state index >= 15 is 0 Å². The molecule has 3 rings (SSSR count). The molecule has 0 aliphatic carbocycles. The first-order valence-electron chi connectivity index (χ1n) is 8.04. The number of thioether (sulfide) groups is 2. The van der Waals surface area contributed by atoms with Crippen LogP contribution in [0.5, 0.6) is 0 Å². The Hall–Kier alpha value is -2.17. The monoisotopic (exact) mass is 439 g/mol. The maximum atomic E-state index is 12.6. The van der Waals surface area contributed by atoms with Crippen molar-refractivity contribution in [2.24, 2.45) is 0 Å². The number of anilines is 1. The third kappa shape index (κ3) is 5.00. The number of thiophene rings is 1. The number of carbonyl (C=O) groups is 1. The lowest BCUT2D eigenvalue weighted by atomic mass is 10.3. The van der Waals surface area contributed by atoms with Crippen LogP contribution in [0.2, 0.25) is 0 Å². The van der Waals surface area contributed by atoms with Crippen LogP contribution in [0.3, 0.4) is 0 Å². The molecule has 0 aliphatic heterocycles. The molecule has 0 fully saturated rings. The molecule has 28 heavy (non-hydrogen) atoms. The van der Waals surface area contributed by atoms with E-state index in [1.165, 1.54) is 28.0 Å². The van der Waals surface area contributed by atoms with Crippen molar-refractivity contribution >= 4 is 56.7 Å². The molecule has 0 bridgehead atoms. The van der Waals surface area contributed by atoms with Crippen LogP contribution in [-0.4, -0.2) is 27.0 Å². The Balaban J connectivity index is 1.68. The molecule has 2 aromatic heterocycles. The third-order valence-corrected chi connectivity index (χ3v) is 6.13. The summed E-state index contributed by atoms with van der Waals surface area (Å²) in [6.07, 6.45) is 1.60. The number of amides is 1. The van der Waals surface area contributed by atoms with Gasteiger partial charge >= 0.3 is 0 Å². The van der Waals surface area contributed by atoms with Crippen molar-refractivity contribution in [3.63, 3.8) is 0 Å². The van der Waals surface area contributed by atoms with Crippen LogP contribution < -0.4 is 10.9 Å². The summed E-state index contributed by atoms with van der Waals surface area (Å²) in [4.78, 5) is 29.7. The van der Waals surface area contributed by atoms with E-state index in [-0.39, 0.29) is 17.2 Å². The molecule has 0 unspecified atom stereocenters.